The number of carbonyl (C=O) groups is 2. The van der Waals surface area contributed by atoms with Crippen LogP contribution in [0.15, 0.2) is 0 Å². The van der Waals surface area contributed by atoms with Gasteiger partial charge < -0.3 is 10.2 Å². The van der Waals surface area contributed by atoms with Crippen LogP contribution in [0.2, 0.25) is 0 Å². The van der Waals surface area contributed by atoms with Gasteiger partial charge in [0.1, 0.15) is 11.6 Å². The van der Waals surface area contributed by atoms with Gasteiger partial charge in [0.25, 0.3) is 0 Å². The molecule has 4 aliphatic carbocycles. The zero-order valence-electron chi connectivity index (χ0n) is 8.74. The van der Waals surface area contributed by atoms with E-state index in [9.17, 15) is 19.8 Å². The van der Waals surface area contributed by atoms with Crippen molar-refractivity contribution in [2.24, 2.45) is 35.5 Å². The molecule has 8 atom stereocenters. The van der Waals surface area contributed by atoms with E-state index in [1.165, 1.54) is 0 Å². The summed E-state index contributed by atoms with van der Waals surface area (Å²) in [6.45, 7) is 0. The van der Waals surface area contributed by atoms with E-state index < -0.39 is 12.2 Å². The molecule has 0 heterocycles. The number of carbonyl (C=O) groups excluding carboxylic acids is 2. The van der Waals surface area contributed by atoms with Crippen LogP contribution in [0.3, 0.4) is 0 Å². The predicted octanol–water partition coefficient (Wildman–Crippen LogP) is -0.622. The lowest BCUT2D eigenvalue weighted by Crippen LogP contribution is -2.27. The first-order valence-corrected chi connectivity index (χ1v) is 6.05. The van der Waals surface area contributed by atoms with E-state index in [2.05, 4.69) is 0 Å². The molecular weight excluding hydrogens is 208 g/mol. The minimum absolute atomic E-state index is 0.0437. The monoisotopic (exact) mass is 222 g/mol. The smallest absolute Gasteiger partial charge is 0.142 e. The highest BCUT2D eigenvalue weighted by atomic mass is 16.3. The summed E-state index contributed by atoms with van der Waals surface area (Å²) in [6, 6.07) is 0. The van der Waals surface area contributed by atoms with Crippen LogP contribution in [-0.2, 0) is 9.59 Å². The standard InChI is InChI=1S/C12H14O4/c13-5-1-3-7-8-4(12(16)9(5)7)2-6(14)10(8)11(3)15/h3-10,13-14H,1-2H2. The molecule has 0 amide bonds. The second-order valence-corrected chi connectivity index (χ2v) is 5.83. The third kappa shape index (κ3) is 0.759. The Morgan fingerprint density at radius 2 is 1.19 bits per heavy atom. The number of ketones is 2. The topological polar surface area (TPSA) is 74.6 Å². The fourth-order valence-corrected chi connectivity index (χ4v) is 5.02. The average molecular weight is 222 g/mol. The fourth-order valence-electron chi connectivity index (χ4n) is 5.02. The molecule has 4 aliphatic rings. The van der Waals surface area contributed by atoms with Gasteiger partial charge in [-0.15, -0.1) is 0 Å². The molecule has 0 aliphatic heterocycles. The summed E-state index contributed by atoms with van der Waals surface area (Å²) in [7, 11) is 0. The number of aliphatic hydroxyl groups excluding tert-OH is 2. The summed E-state index contributed by atoms with van der Waals surface area (Å²) < 4.78 is 0. The van der Waals surface area contributed by atoms with Crippen LogP contribution in [0.5, 0.6) is 0 Å². The van der Waals surface area contributed by atoms with Gasteiger partial charge in [0.2, 0.25) is 0 Å². The van der Waals surface area contributed by atoms with Crippen LogP contribution in [0.1, 0.15) is 12.8 Å². The highest BCUT2D eigenvalue weighted by molar-refractivity contribution is 5.97. The van der Waals surface area contributed by atoms with Gasteiger partial charge in [-0.1, -0.05) is 0 Å². The minimum Gasteiger partial charge on any atom is -0.392 e. The van der Waals surface area contributed by atoms with Gasteiger partial charge in [0, 0.05) is 23.7 Å². The maximum atomic E-state index is 12.1. The second-order valence-electron chi connectivity index (χ2n) is 5.83. The summed E-state index contributed by atoms with van der Waals surface area (Å²) in [6.07, 6.45) is -0.358. The molecule has 86 valence electrons. The zero-order valence-corrected chi connectivity index (χ0v) is 8.74. The molecular formula is C12H14O4. The van der Waals surface area contributed by atoms with Gasteiger partial charge in [-0.2, -0.15) is 0 Å². The highest BCUT2D eigenvalue weighted by Gasteiger charge is 2.71. The fraction of sp³-hybridized carbons (Fsp3) is 0.833. The van der Waals surface area contributed by atoms with Crippen molar-refractivity contribution in [1.82, 2.24) is 0 Å². The van der Waals surface area contributed by atoms with E-state index in [1.807, 2.05) is 0 Å². The van der Waals surface area contributed by atoms with Crippen molar-refractivity contribution >= 4 is 11.6 Å². The van der Waals surface area contributed by atoms with Crippen LogP contribution < -0.4 is 0 Å². The van der Waals surface area contributed by atoms with Crippen molar-refractivity contribution < 1.29 is 19.8 Å². The maximum absolute atomic E-state index is 12.1. The molecule has 2 N–H and O–H groups in total. The van der Waals surface area contributed by atoms with Gasteiger partial charge in [-0.05, 0) is 24.7 Å². The third-order valence-electron chi connectivity index (χ3n) is 5.41. The summed E-state index contributed by atoms with van der Waals surface area (Å²) in [5.41, 5.74) is 0. The van der Waals surface area contributed by atoms with E-state index in [0.29, 0.717) is 12.8 Å². The molecule has 0 spiro atoms. The Balaban J connectivity index is 1.87. The highest BCUT2D eigenvalue weighted by Crippen LogP contribution is 2.64. The molecule has 0 aromatic heterocycles. The van der Waals surface area contributed by atoms with Crippen molar-refractivity contribution in [3.05, 3.63) is 0 Å². The number of Topliss-reactive ketones (excluding diaryl/α,β-unsaturated/α-hetero) is 2. The molecule has 0 bridgehead atoms. The molecule has 8 unspecified atom stereocenters. The van der Waals surface area contributed by atoms with Gasteiger partial charge in [0.15, 0.2) is 0 Å². The Morgan fingerprint density at radius 1 is 0.812 bits per heavy atom. The molecule has 4 heteroatoms. The minimum atomic E-state index is -0.616. The molecule has 4 nitrogen and oxygen atoms in total. The van der Waals surface area contributed by atoms with E-state index in [0.717, 1.165) is 0 Å². The Kier molecular flexibility index (Phi) is 1.49. The summed E-state index contributed by atoms with van der Waals surface area (Å²) in [5.74, 6) is -0.608. The van der Waals surface area contributed by atoms with Crippen molar-refractivity contribution in [2.75, 3.05) is 0 Å². The first-order valence-electron chi connectivity index (χ1n) is 6.05. The molecule has 0 saturated heterocycles. The predicted molar refractivity (Wildman–Crippen MR) is 52.2 cm³/mol. The lowest BCUT2D eigenvalue weighted by atomic mass is 9.89. The first kappa shape index (κ1) is 9.31. The Hall–Kier alpha value is -0.740. The quantitative estimate of drug-likeness (QED) is 0.572. The second kappa shape index (κ2) is 2.57. The lowest BCUT2D eigenvalue weighted by molar-refractivity contribution is -0.127. The number of hydrogen-bond acceptors (Lipinski definition) is 4. The summed E-state index contributed by atoms with van der Waals surface area (Å²) in [4.78, 5) is 24.2. The van der Waals surface area contributed by atoms with E-state index in [4.69, 9.17) is 0 Å². The molecule has 0 aromatic rings. The average Bonchev–Trinajstić information content (AvgIpc) is 2.86. The maximum Gasteiger partial charge on any atom is 0.142 e. The lowest BCUT2D eigenvalue weighted by Gasteiger charge is -2.16. The largest absolute Gasteiger partial charge is 0.392 e. The van der Waals surface area contributed by atoms with Gasteiger partial charge >= 0.3 is 0 Å². The van der Waals surface area contributed by atoms with Crippen LogP contribution in [0.25, 0.3) is 0 Å². The summed E-state index contributed by atoms with van der Waals surface area (Å²) in [5, 5.41) is 19.7. The van der Waals surface area contributed by atoms with Crippen LogP contribution in [-0.4, -0.2) is 34.0 Å². The first-order chi connectivity index (χ1) is 7.61. The Labute approximate surface area is 92.6 Å². The van der Waals surface area contributed by atoms with E-state index >= 15 is 0 Å². The van der Waals surface area contributed by atoms with Gasteiger partial charge in [0.05, 0.1) is 12.2 Å². The van der Waals surface area contributed by atoms with Gasteiger partial charge in [-0.25, -0.2) is 0 Å². The van der Waals surface area contributed by atoms with Crippen LogP contribution in [0.4, 0.5) is 0 Å². The van der Waals surface area contributed by atoms with Gasteiger partial charge in [-0.3, -0.25) is 9.59 Å². The zero-order chi connectivity index (χ0) is 11.2. The van der Waals surface area contributed by atoms with Crippen molar-refractivity contribution in [2.45, 2.75) is 25.0 Å². The molecule has 4 fully saturated rings. The van der Waals surface area contributed by atoms with Crippen LogP contribution >= 0.6 is 0 Å². The molecule has 4 saturated carbocycles. The van der Waals surface area contributed by atoms with Crippen LogP contribution in [0, 0.1) is 35.5 Å². The normalized spacial score (nSPS) is 62.1. The molecule has 0 aromatic carbocycles. The molecule has 16 heavy (non-hydrogen) atoms. The SMILES string of the molecule is O=C1C2CC(O)C3C(=O)C4CC(O)C1C4C23. The number of hydrogen-bond donors (Lipinski definition) is 2. The molecule has 4 rings (SSSR count). The number of rotatable bonds is 0. The van der Waals surface area contributed by atoms with E-state index in [-0.39, 0.29) is 47.1 Å². The van der Waals surface area contributed by atoms with Crippen molar-refractivity contribution in [1.29, 1.82) is 0 Å². The van der Waals surface area contributed by atoms with E-state index in [1.54, 1.807) is 0 Å². The third-order valence-corrected chi connectivity index (χ3v) is 5.41. The summed E-state index contributed by atoms with van der Waals surface area (Å²) >= 11 is 0. The van der Waals surface area contributed by atoms with Crippen molar-refractivity contribution in [3.63, 3.8) is 0 Å². The Bertz CT molecular complexity index is 366. The number of aliphatic hydroxyl groups is 2. The Morgan fingerprint density at radius 3 is 1.56 bits per heavy atom. The van der Waals surface area contributed by atoms with Crippen molar-refractivity contribution in [3.8, 4) is 0 Å². The molecule has 0 radical (unpaired) electrons.